The number of ether oxygens (including phenoxy) is 1. The first kappa shape index (κ1) is 15.7. The van der Waals surface area contributed by atoms with Gasteiger partial charge in [0.25, 0.3) is 0 Å². The van der Waals surface area contributed by atoms with Crippen LogP contribution in [0.25, 0.3) is 6.08 Å². The Morgan fingerprint density at radius 3 is 2.43 bits per heavy atom. The molecule has 0 bridgehead atoms. The van der Waals surface area contributed by atoms with E-state index in [-0.39, 0.29) is 5.02 Å². The van der Waals surface area contributed by atoms with Crippen LogP contribution in [-0.4, -0.2) is 11.1 Å². The predicted octanol–water partition coefficient (Wildman–Crippen LogP) is 5.54. The Morgan fingerprint density at radius 2 is 1.71 bits per heavy atom. The molecule has 21 heavy (non-hydrogen) atoms. The first-order valence-corrected chi connectivity index (χ1v) is 6.94. The number of hydrogen-bond acceptors (Lipinski definition) is 2. The Hall–Kier alpha value is -1.68. The summed E-state index contributed by atoms with van der Waals surface area (Å²) in [6, 6.07) is 9.97. The van der Waals surface area contributed by atoms with Crippen molar-refractivity contribution in [3.63, 3.8) is 0 Å². The van der Waals surface area contributed by atoms with E-state index in [4.69, 9.17) is 44.6 Å². The summed E-state index contributed by atoms with van der Waals surface area (Å²) in [5.74, 6) is -0.426. The largest absolute Gasteiger partial charge is 0.478 e. The van der Waals surface area contributed by atoms with E-state index in [2.05, 4.69) is 0 Å². The monoisotopic (exact) mass is 342 g/mol. The van der Waals surface area contributed by atoms with Gasteiger partial charge in [-0.3, -0.25) is 0 Å². The topological polar surface area (TPSA) is 46.5 Å². The molecule has 1 N–H and O–H groups in total. The van der Waals surface area contributed by atoms with Gasteiger partial charge in [0.1, 0.15) is 10.8 Å². The van der Waals surface area contributed by atoms with Gasteiger partial charge in [-0.15, -0.1) is 0 Å². The van der Waals surface area contributed by atoms with E-state index in [9.17, 15) is 4.79 Å². The van der Waals surface area contributed by atoms with Crippen LogP contribution in [0.5, 0.6) is 11.5 Å². The summed E-state index contributed by atoms with van der Waals surface area (Å²) in [5, 5.41) is 9.65. The van der Waals surface area contributed by atoms with Gasteiger partial charge in [0.15, 0.2) is 5.75 Å². The summed E-state index contributed by atoms with van der Waals surface area (Å²) in [6.45, 7) is 0. The van der Waals surface area contributed by atoms with Crippen molar-refractivity contribution >= 4 is 46.8 Å². The second-order valence-corrected chi connectivity index (χ2v) is 5.18. The minimum atomic E-state index is -1.07. The molecule has 0 atom stereocenters. The molecular weight excluding hydrogens is 335 g/mol. The second kappa shape index (κ2) is 6.85. The lowest BCUT2D eigenvalue weighted by Crippen LogP contribution is -1.91. The number of carboxylic acids is 1. The van der Waals surface area contributed by atoms with Crippen LogP contribution in [0.15, 0.2) is 42.5 Å². The van der Waals surface area contributed by atoms with Gasteiger partial charge in [-0.25, -0.2) is 4.79 Å². The minimum absolute atomic E-state index is 0.257. The normalized spacial score (nSPS) is 10.8. The van der Waals surface area contributed by atoms with Crippen LogP contribution >= 0.6 is 34.8 Å². The highest BCUT2D eigenvalue weighted by Gasteiger charge is 2.12. The molecule has 0 aliphatic rings. The molecule has 3 nitrogen and oxygen atoms in total. The minimum Gasteiger partial charge on any atom is -0.478 e. The molecule has 2 aromatic carbocycles. The van der Waals surface area contributed by atoms with E-state index in [1.54, 1.807) is 36.4 Å². The summed E-state index contributed by atoms with van der Waals surface area (Å²) >= 11 is 18.1. The smallest absolute Gasteiger partial charge is 0.328 e. The molecule has 0 saturated heterocycles. The van der Waals surface area contributed by atoms with E-state index in [0.717, 1.165) is 6.08 Å². The average molecular weight is 344 g/mol. The molecule has 0 aromatic heterocycles. The van der Waals surface area contributed by atoms with Gasteiger partial charge in [-0.05, 0) is 24.3 Å². The zero-order valence-electron chi connectivity index (χ0n) is 10.5. The maximum Gasteiger partial charge on any atom is 0.328 e. The fourth-order valence-corrected chi connectivity index (χ4v) is 2.15. The summed E-state index contributed by atoms with van der Waals surface area (Å²) in [4.78, 5) is 10.6. The summed E-state index contributed by atoms with van der Waals surface area (Å²) in [7, 11) is 0. The summed E-state index contributed by atoms with van der Waals surface area (Å²) in [5.41, 5.74) is 0.515. The van der Waals surface area contributed by atoms with Gasteiger partial charge in [-0.2, -0.15) is 0 Å². The van der Waals surface area contributed by atoms with Gasteiger partial charge in [0, 0.05) is 11.6 Å². The number of carboxylic acid groups (broad SMARTS) is 1. The van der Waals surface area contributed by atoms with E-state index in [1.807, 2.05) is 0 Å². The lowest BCUT2D eigenvalue weighted by atomic mass is 10.2. The Morgan fingerprint density at radius 1 is 1.05 bits per heavy atom. The first-order valence-electron chi connectivity index (χ1n) is 5.80. The van der Waals surface area contributed by atoms with E-state index >= 15 is 0 Å². The number of benzene rings is 2. The fourth-order valence-electron chi connectivity index (χ4n) is 1.60. The highest BCUT2D eigenvalue weighted by Crippen LogP contribution is 2.39. The van der Waals surface area contributed by atoms with Crippen molar-refractivity contribution in [2.75, 3.05) is 0 Å². The van der Waals surface area contributed by atoms with Crippen LogP contribution in [-0.2, 0) is 4.79 Å². The van der Waals surface area contributed by atoms with E-state index < -0.39 is 5.97 Å². The standard InChI is InChI=1S/C15H9Cl3O3/c16-10-4-2-6-12(14(10)18)21-15-9(7-8-13(19)20)3-1-5-11(15)17/h1-8H,(H,19,20)/b8-7+. The third kappa shape index (κ3) is 3.91. The number of halogens is 3. The molecule has 0 aliphatic carbocycles. The molecule has 0 amide bonds. The number of carbonyl (C=O) groups is 1. The maximum atomic E-state index is 10.6. The van der Waals surface area contributed by atoms with Gasteiger partial charge in [0.2, 0.25) is 0 Å². The van der Waals surface area contributed by atoms with Crippen LogP contribution in [0.2, 0.25) is 15.1 Å². The van der Waals surface area contributed by atoms with Crippen LogP contribution < -0.4 is 4.74 Å². The lowest BCUT2D eigenvalue weighted by Gasteiger charge is -2.12. The Labute approximate surface area is 136 Å². The molecule has 2 aromatic rings. The molecule has 0 radical (unpaired) electrons. The lowest BCUT2D eigenvalue weighted by molar-refractivity contribution is -0.131. The van der Waals surface area contributed by atoms with Crippen LogP contribution in [0.4, 0.5) is 0 Å². The van der Waals surface area contributed by atoms with Crippen molar-refractivity contribution in [3.05, 3.63) is 63.1 Å². The SMILES string of the molecule is O=C(O)/C=C/c1cccc(Cl)c1Oc1cccc(Cl)c1Cl. The zero-order valence-corrected chi connectivity index (χ0v) is 12.8. The highest BCUT2D eigenvalue weighted by molar-refractivity contribution is 6.43. The summed E-state index contributed by atoms with van der Waals surface area (Å²) in [6.07, 6.45) is 2.39. The van der Waals surface area contributed by atoms with Crippen molar-refractivity contribution in [2.45, 2.75) is 0 Å². The number of aliphatic carboxylic acids is 1. The highest BCUT2D eigenvalue weighted by atomic mass is 35.5. The quantitative estimate of drug-likeness (QED) is 0.742. The van der Waals surface area contributed by atoms with Crippen LogP contribution in [0.3, 0.4) is 0 Å². The Kier molecular flexibility index (Phi) is 5.12. The molecule has 0 heterocycles. The van der Waals surface area contributed by atoms with Gasteiger partial charge in [0.05, 0.1) is 10.0 Å². The third-order valence-electron chi connectivity index (χ3n) is 2.53. The van der Waals surface area contributed by atoms with Gasteiger partial charge in [-0.1, -0.05) is 53.0 Å². The van der Waals surface area contributed by atoms with Crippen LogP contribution in [0, 0.1) is 0 Å². The average Bonchev–Trinajstić information content (AvgIpc) is 2.44. The van der Waals surface area contributed by atoms with Crippen molar-refractivity contribution in [1.29, 1.82) is 0 Å². The molecule has 0 spiro atoms. The molecule has 0 fully saturated rings. The first-order chi connectivity index (χ1) is 9.99. The van der Waals surface area contributed by atoms with Crippen molar-refractivity contribution in [1.82, 2.24) is 0 Å². The van der Waals surface area contributed by atoms with E-state index in [1.165, 1.54) is 6.08 Å². The zero-order chi connectivity index (χ0) is 15.4. The number of hydrogen-bond donors (Lipinski definition) is 1. The number of rotatable bonds is 4. The number of para-hydroxylation sites is 1. The summed E-state index contributed by atoms with van der Waals surface area (Å²) < 4.78 is 5.69. The molecule has 0 saturated carbocycles. The molecule has 6 heteroatoms. The Balaban J connectivity index is 2.43. The predicted molar refractivity (Wildman–Crippen MR) is 84.7 cm³/mol. The van der Waals surface area contributed by atoms with Gasteiger partial charge >= 0.3 is 5.97 Å². The molecule has 2 rings (SSSR count). The molecule has 0 aliphatic heterocycles. The van der Waals surface area contributed by atoms with Crippen LogP contribution in [0.1, 0.15) is 5.56 Å². The molecule has 108 valence electrons. The van der Waals surface area contributed by atoms with Crippen molar-refractivity contribution in [3.8, 4) is 11.5 Å². The molecule has 0 unspecified atom stereocenters. The van der Waals surface area contributed by atoms with Crippen molar-refractivity contribution < 1.29 is 14.6 Å². The third-order valence-corrected chi connectivity index (χ3v) is 3.63. The fraction of sp³-hybridized carbons (Fsp3) is 0. The second-order valence-electron chi connectivity index (χ2n) is 3.98. The van der Waals surface area contributed by atoms with Crippen molar-refractivity contribution in [2.24, 2.45) is 0 Å². The Bertz CT molecular complexity index is 711. The maximum absolute atomic E-state index is 10.6. The van der Waals surface area contributed by atoms with E-state index in [0.29, 0.717) is 27.1 Å². The molecular formula is C15H9Cl3O3. The van der Waals surface area contributed by atoms with Gasteiger partial charge < -0.3 is 9.84 Å².